The molecule has 2 atom stereocenters. The molecule has 1 fully saturated rings. The molecule has 0 saturated carbocycles. The van der Waals surface area contributed by atoms with Crippen molar-refractivity contribution in [2.24, 2.45) is 0 Å². The first kappa shape index (κ1) is 18.0. The smallest absolute Gasteiger partial charge is 0.123 e. The highest BCUT2D eigenvalue weighted by molar-refractivity contribution is 5.37. The summed E-state index contributed by atoms with van der Waals surface area (Å²) >= 11 is 0. The topological polar surface area (TPSA) is 33.3 Å². The van der Waals surface area contributed by atoms with Crippen molar-refractivity contribution in [3.63, 3.8) is 0 Å². The minimum atomic E-state index is 0.375. The van der Waals surface area contributed by atoms with Gasteiger partial charge in [-0.15, -0.1) is 0 Å². The molecule has 1 aliphatic heterocycles. The lowest BCUT2D eigenvalue weighted by Crippen LogP contribution is -2.45. The lowest BCUT2D eigenvalue weighted by molar-refractivity contribution is 0.303. The third-order valence-corrected chi connectivity index (χ3v) is 5.06. The minimum Gasteiger partial charge on any atom is -0.496 e. The molecule has 1 heterocycles. The number of benzene rings is 2. The molecule has 134 valence electrons. The zero-order chi connectivity index (χ0) is 17.5. The van der Waals surface area contributed by atoms with E-state index in [9.17, 15) is 0 Å². The second-order valence-corrected chi connectivity index (χ2v) is 6.87. The van der Waals surface area contributed by atoms with Gasteiger partial charge < -0.3 is 15.4 Å². The molecule has 1 saturated heterocycles. The van der Waals surface area contributed by atoms with E-state index in [2.05, 4.69) is 66.1 Å². The molecule has 2 aromatic rings. The lowest BCUT2D eigenvalue weighted by Gasteiger charge is -2.34. The number of nitrogens with one attached hydrogen (secondary N) is 2. The molecule has 3 nitrogen and oxygen atoms in total. The Morgan fingerprint density at radius 3 is 2.76 bits per heavy atom. The summed E-state index contributed by atoms with van der Waals surface area (Å²) in [7, 11) is 1.76. The Morgan fingerprint density at radius 1 is 1.16 bits per heavy atom. The summed E-state index contributed by atoms with van der Waals surface area (Å²) in [5.41, 5.74) is 4.01. The first-order valence-corrected chi connectivity index (χ1v) is 9.49. The van der Waals surface area contributed by atoms with E-state index in [1.807, 2.05) is 0 Å². The Bertz CT molecular complexity index is 656. The van der Waals surface area contributed by atoms with Crippen LogP contribution in [0.15, 0.2) is 48.5 Å². The van der Waals surface area contributed by atoms with Crippen molar-refractivity contribution in [1.82, 2.24) is 10.6 Å². The first-order valence-electron chi connectivity index (χ1n) is 9.49. The number of aryl methyl sites for hydroxylation is 1. The average molecular weight is 338 g/mol. The van der Waals surface area contributed by atoms with Gasteiger partial charge in [-0.1, -0.05) is 55.8 Å². The van der Waals surface area contributed by atoms with Crippen LogP contribution in [0.25, 0.3) is 0 Å². The van der Waals surface area contributed by atoms with Crippen LogP contribution in [-0.2, 0) is 13.0 Å². The fraction of sp³-hybridized carbons (Fsp3) is 0.455. The van der Waals surface area contributed by atoms with Gasteiger partial charge in [-0.05, 0) is 43.0 Å². The van der Waals surface area contributed by atoms with Gasteiger partial charge in [0.1, 0.15) is 5.75 Å². The summed E-state index contributed by atoms with van der Waals surface area (Å²) in [4.78, 5) is 0. The zero-order valence-electron chi connectivity index (χ0n) is 15.4. The highest BCUT2D eigenvalue weighted by atomic mass is 16.5. The number of ether oxygens (including phenoxy) is 1. The molecule has 1 aliphatic rings. The molecular formula is C22H30N2O. The van der Waals surface area contributed by atoms with E-state index in [0.29, 0.717) is 12.1 Å². The van der Waals surface area contributed by atoms with Crippen LogP contribution in [-0.4, -0.2) is 19.7 Å². The maximum absolute atomic E-state index is 5.57. The summed E-state index contributed by atoms with van der Waals surface area (Å²) in [5.74, 6) is 0.979. The lowest BCUT2D eigenvalue weighted by atomic mass is 9.92. The normalized spacial score (nSPS) is 20.4. The molecule has 0 radical (unpaired) electrons. The van der Waals surface area contributed by atoms with Crippen molar-refractivity contribution in [2.45, 2.75) is 51.2 Å². The van der Waals surface area contributed by atoms with Crippen LogP contribution in [0.1, 0.15) is 48.9 Å². The van der Waals surface area contributed by atoms with Crippen LogP contribution in [0.4, 0.5) is 0 Å². The summed E-state index contributed by atoms with van der Waals surface area (Å²) in [6.45, 7) is 4.16. The highest BCUT2D eigenvalue weighted by Gasteiger charge is 2.25. The first-order chi connectivity index (χ1) is 12.3. The van der Waals surface area contributed by atoms with Crippen molar-refractivity contribution in [3.05, 3.63) is 65.2 Å². The monoisotopic (exact) mass is 338 g/mol. The Hall–Kier alpha value is -1.84. The minimum absolute atomic E-state index is 0.375. The predicted molar refractivity (Wildman–Crippen MR) is 104 cm³/mol. The van der Waals surface area contributed by atoms with Crippen LogP contribution in [0, 0.1) is 0 Å². The van der Waals surface area contributed by atoms with Gasteiger partial charge in [-0.2, -0.15) is 0 Å². The SMILES string of the molecule is CCCc1ccc(OC)c(CN[C@H]2CCCN[C@H]2c2ccccc2)c1. The van der Waals surface area contributed by atoms with Gasteiger partial charge in [0.25, 0.3) is 0 Å². The van der Waals surface area contributed by atoms with Gasteiger partial charge in [-0.25, -0.2) is 0 Å². The van der Waals surface area contributed by atoms with E-state index in [1.54, 1.807) is 7.11 Å². The van der Waals surface area contributed by atoms with Gasteiger partial charge in [-0.3, -0.25) is 0 Å². The Kier molecular flexibility index (Phi) is 6.48. The average Bonchev–Trinajstić information content (AvgIpc) is 2.68. The molecule has 0 spiro atoms. The molecule has 3 heteroatoms. The Balaban J connectivity index is 1.71. The highest BCUT2D eigenvalue weighted by Crippen LogP contribution is 2.25. The standard InChI is InChI=1S/C22H30N2O/c1-3-8-17-12-13-21(25-2)19(15-17)16-24-20-11-7-14-23-22(20)18-9-5-4-6-10-18/h4-6,9-10,12-13,15,20,22-24H,3,7-8,11,14,16H2,1-2H3/t20-,22-/m0/s1. The molecule has 0 unspecified atom stereocenters. The van der Waals surface area contributed by atoms with E-state index < -0.39 is 0 Å². The summed E-state index contributed by atoms with van der Waals surface area (Å²) < 4.78 is 5.57. The largest absolute Gasteiger partial charge is 0.496 e. The van der Waals surface area contributed by atoms with Crippen molar-refractivity contribution in [2.75, 3.05) is 13.7 Å². The molecule has 0 amide bonds. The number of hydrogen-bond acceptors (Lipinski definition) is 3. The van der Waals surface area contributed by atoms with E-state index in [0.717, 1.165) is 25.3 Å². The van der Waals surface area contributed by atoms with Gasteiger partial charge >= 0.3 is 0 Å². The Labute approximate surface area is 151 Å². The number of rotatable bonds is 7. The van der Waals surface area contributed by atoms with Crippen LogP contribution in [0.3, 0.4) is 0 Å². The van der Waals surface area contributed by atoms with Gasteiger partial charge in [0.15, 0.2) is 0 Å². The maximum Gasteiger partial charge on any atom is 0.123 e. The third kappa shape index (κ3) is 4.62. The molecular weight excluding hydrogens is 308 g/mol. The van der Waals surface area contributed by atoms with E-state index in [1.165, 1.54) is 36.0 Å². The second-order valence-electron chi connectivity index (χ2n) is 6.87. The van der Waals surface area contributed by atoms with E-state index in [4.69, 9.17) is 4.74 Å². The fourth-order valence-corrected chi connectivity index (χ4v) is 3.77. The van der Waals surface area contributed by atoms with Gasteiger partial charge in [0.05, 0.1) is 7.11 Å². The molecule has 0 bridgehead atoms. The van der Waals surface area contributed by atoms with Crippen molar-refractivity contribution in [3.8, 4) is 5.75 Å². The Morgan fingerprint density at radius 2 is 2.00 bits per heavy atom. The van der Waals surface area contributed by atoms with Crippen molar-refractivity contribution in [1.29, 1.82) is 0 Å². The summed E-state index contributed by atoms with van der Waals surface area (Å²) in [5, 5.41) is 7.48. The fourth-order valence-electron chi connectivity index (χ4n) is 3.77. The predicted octanol–water partition coefficient (Wildman–Crippen LogP) is 4.23. The number of methoxy groups -OCH3 is 1. The number of hydrogen-bond donors (Lipinski definition) is 2. The molecule has 2 N–H and O–H groups in total. The van der Waals surface area contributed by atoms with Crippen LogP contribution < -0.4 is 15.4 Å². The molecule has 25 heavy (non-hydrogen) atoms. The van der Waals surface area contributed by atoms with E-state index in [-0.39, 0.29) is 0 Å². The van der Waals surface area contributed by atoms with Crippen molar-refractivity contribution < 1.29 is 4.74 Å². The quantitative estimate of drug-likeness (QED) is 0.792. The molecule has 0 aromatic heterocycles. The van der Waals surface area contributed by atoms with E-state index >= 15 is 0 Å². The van der Waals surface area contributed by atoms with Crippen molar-refractivity contribution >= 4 is 0 Å². The summed E-state index contributed by atoms with van der Waals surface area (Å²) in [6.07, 6.45) is 4.70. The maximum atomic E-state index is 5.57. The third-order valence-electron chi connectivity index (χ3n) is 5.06. The van der Waals surface area contributed by atoms with Gasteiger partial charge in [0, 0.05) is 24.2 Å². The van der Waals surface area contributed by atoms with Crippen LogP contribution in [0.5, 0.6) is 5.75 Å². The van der Waals surface area contributed by atoms with Gasteiger partial charge in [0.2, 0.25) is 0 Å². The molecule has 3 rings (SSSR count). The molecule has 2 aromatic carbocycles. The number of piperidine rings is 1. The molecule has 0 aliphatic carbocycles. The summed E-state index contributed by atoms with van der Waals surface area (Å²) in [6, 6.07) is 18.2. The van der Waals surface area contributed by atoms with Crippen LogP contribution >= 0.6 is 0 Å². The van der Waals surface area contributed by atoms with Crippen LogP contribution in [0.2, 0.25) is 0 Å². The second kappa shape index (κ2) is 9.02. The zero-order valence-corrected chi connectivity index (χ0v) is 15.4.